The van der Waals surface area contributed by atoms with Gasteiger partial charge in [0.2, 0.25) is 5.75 Å². The highest BCUT2D eigenvalue weighted by Crippen LogP contribution is 2.38. The summed E-state index contributed by atoms with van der Waals surface area (Å²) in [4.78, 5) is 24.2. The number of carbonyl (C=O) groups is 2. The number of ether oxygens (including phenoxy) is 4. The van der Waals surface area contributed by atoms with Gasteiger partial charge in [-0.1, -0.05) is 37.6 Å². The summed E-state index contributed by atoms with van der Waals surface area (Å²) in [7, 11) is 4.55. The van der Waals surface area contributed by atoms with Crippen molar-refractivity contribution in [2.75, 3.05) is 27.9 Å². The molecule has 0 unspecified atom stereocenters. The summed E-state index contributed by atoms with van der Waals surface area (Å²) in [6.07, 6.45) is 6.04. The van der Waals surface area contributed by atoms with Gasteiger partial charge in [0.1, 0.15) is 0 Å². The minimum Gasteiger partial charge on any atom is -0.493 e. The van der Waals surface area contributed by atoms with E-state index in [1.165, 1.54) is 33.0 Å². The predicted molar refractivity (Wildman–Crippen MR) is 115 cm³/mol. The molecule has 0 fully saturated rings. The van der Waals surface area contributed by atoms with Crippen LogP contribution in [0.2, 0.25) is 0 Å². The first-order valence-corrected chi connectivity index (χ1v) is 9.79. The Balaban J connectivity index is 1.95. The predicted octanol–water partition coefficient (Wildman–Crippen LogP) is 4.49. The molecule has 6 nitrogen and oxygen atoms in total. The van der Waals surface area contributed by atoms with E-state index in [2.05, 4.69) is 6.92 Å². The molecule has 160 valence electrons. The van der Waals surface area contributed by atoms with Crippen LogP contribution in [0.3, 0.4) is 0 Å². The Morgan fingerprint density at radius 2 is 1.57 bits per heavy atom. The Morgan fingerprint density at radius 3 is 2.10 bits per heavy atom. The number of rotatable bonds is 11. The van der Waals surface area contributed by atoms with Crippen LogP contribution in [-0.4, -0.2) is 39.7 Å². The zero-order chi connectivity index (χ0) is 21.9. The molecule has 0 aliphatic rings. The Hall–Kier alpha value is -3.28. The second-order valence-corrected chi connectivity index (χ2v) is 6.62. The molecule has 0 aliphatic heterocycles. The van der Waals surface area contributed by atoms with E-state index in [-0.39, 0.29) is 12.4 Å². The highest BCUT2D eigenvalue weighted by Gasteiger charge is 2.13. The van der Waals surface area contributed by atoms with Crippen LogP contribution in [0.4, 0.5) is 0 Å². The lowest BCUT2D eigenvalue weighted by atomic mass is 10.0. The Labute approximate surface area is 177 Å². The van der Waals surface area contributed by atoms with Gasteiger partial charge in [-0.15, -0.1) is 0 Å². The van der Waals surface area contributed by atoms with E-state index < -0.39 is 5.97 Å². The molecule has 2 aromatic carbocycles. The molecule has 0 bridgehead atoms. The fourth-order valence-corrected chi connectivity index (χ4v) is 2.87. The molecular formula is C24H28O6. The van der Waals surface area contributed by atoms with Crippen molar-refractivity contribution in [2.45, 2.75) is 26.2 Å². The molecule has 0 atom stereocenters. The number of hydrogen-bond donors (Lipinski definition) is 0. The molecule has 0 amide bonds. The first-order chi connectivity index (χ1) is 14.5. The van der Waals surface area contributed by atoms with E-state index in [4.69, 9.17) is 18.9 Å². The molecule has 0 spiro atoms. The van der Waals surface area contributed by atoms with Gasteiger partial charge in [0.15, 0.2) is 23.9 Å². The molecule has 0 N–H and O–H groups in total. The molecule has 2 aromatic rings. The van der Waals surface area contributed by atoms with Crippen molar-refractivity contribution in [1.29, 1.82) is 0 Å². The summed E-state index contributed by atoms with van der Waals surface area (Å²) >= 11 is 0. The summed E-state index contributed by atoms with van der Waals surface area (Å²) in [5.41, 5.74) is 2.38. The average molecular weight is 412 g/mol. The molecule has 30 heavy (non-hydrogen) atoms. The van der Waals surface area contributed by atoms with Gasteiger partial charge in [-0.25, -0.2) is 4.79 Å². The maximum absolute atomic E-state index is 12.2. The van der Waals surface area contributed by atoms with Crippen molar-refractivity contribution >= 4 is 17.8 Å². The smallest absolute Gasteiger partial charge is 0.331 e. The van der Waals surface area contributed by atoms with Gasteiger partial charge in [-0.3, -0.25) is 4.79 Å². The second kappa shape index (κ2) is 11.7. The molecule has 2 rings (SSSR count). The van der Waals surface area contributed by atoms with Gasteiger partial charge in [0.05, 0.1) is 21.3 Å². The molecule has 0 heterocycles. The minimum atomic E-state index is -0.614. The highest BCUT2D eigenvalue weighted by atomic mass is 16.5. The van der Waals surface area contributed by atoms with Gasteiger partial charge >= 0.3 is 5.97 Å². The van der Waals surface area contributed by atoms with Gasteiger partial charge in [-0.2, -0.15) is 0 Å². The molecule has 0 saturated carbocycles. The van der Waals surface area contributed by atoms with Crippen molar-refractivity contribution in [1.82, 2.24) is 0 Å². The molecular weight excluding hydrogens is 384 g/mol. The molecule has 0 saturated heterocycles. The maximum atomic E-state index is 12.2. The SMILES string of the molecule is CCCCc1ccc(C(=O)COC(=O)/C=C/c2cc(OC)c(OC)c(OC)c2)cc1. The number of unbranched alkanes of at least 4 members (excludes halogenated alkanes) is 1. The fourth-order valence-electron chi connectivity index (χ4n) is 2.87. The van der Waals surface area contributed by atoms with Gasteiger partial charge in [0.25, 0.3) is 0 Å². The van der Waals surface area contributed by atoms with E-state index in [9.17, 15) is 9.59 Å². The van der Waals surface area contributed by atoms with Crippen molar-refractivity contribution in [3.8, 4) is 17.2 Å². The quantitative estimate of drug-likeness (QED) is 0.308. The van der Waals surface area contributed by atoms with Crippen LogP contribution in [0, 0.1) is 0 Å². The molecule has 0 aromatic heterocycles. The summed E-state index contributed by atoms with van der Waals surface area (Å²) < 4.78 is 20.9. The largest absolute Gasteiger partial charge is 0.493 e. The lowest BCUT2D eigenvalue weighted by Gasteiger charge is -2.12. The van der Waals surface area contributed by atoms with Crippen LogP contribution >= 0.6 is 0 Å². The Bertz CT molecular complexity index is 858. The molecule has 6 heteroatoms. The van der Waals surface area contributed by atoms with Crippen LogP contribution in [0.15, 0.2) is 42.5 Å². The van der Waals surface area contributed by atoms with Crippen LogP contribution in [0.25, 0.3) is 6.08 Å². The average Bonchev–Trinajstić information content (AvgIpc) is 2.79. The summed E-state index contributed by atoms with van der Waals surface area (Å²) in [6, 6.07) is 10.8. The number of ketones is 1. The van der Waals surface area contributed by atoms with Gasteiger partial charge in [-0.05, 0) is 42.2 Å². The lowest BCUT2D eigenvalue weighted by molar-refractivity contribution is -0.136. The van der Waals surface area contributed by atoms with Crippen LogP contribution in [0.1, 0.15) is 41.3 Å². The minimum absolute atomic E-state index is 0.244. The van der Waals surface area contributed by atoms with Gasteiger partial charge < -0.3 is 18.9 Å². The number of aryl methyl sites for hydroxylation is 1. The normalized spacial score (nSPS) is 10.7. The Morgan fingerprint density at radius 1 is 0.933 bits per heavy atom. The van der Waals surface area contributed by atoms with E-state index in [0.29, 0.717) is 28.4 Å². The maximum Gasteiger partial charge on any atom is 0.331 e. The first-order valence-electron chi connectivity index (χ1n) is 9.79. The number of methoxy groups -OCH3 is 3. The topological polar surface area (TPSA) is 71.1 Å². The van der Waals surface area contributed by atoms with E-state index in [0.717, 1.165) is 19.3 Å². The van der Waals surface area contributed by atoms with Crippen LogP contribution < -0.4 is 14.2 Å². The van der Waals surface area contributed by atoms with E-state index >= 15 is 0 Å². The summed E-state index contributed by atoms with van der Waals surface area (Å²) in [5.74, 6) is 0.555. The Kier molecular flexibility index (Phi) is 8.94. The number of Topliss-reactive ketones (excluding diaryl/α,β-unsaturated/α-hetero) is 1. The lowest BCUT2D eigenvalue weighted by Crippen LogP contribution is -2.12. The monoisotopic (exact) mass is 412 g/mol. The summed E-state index contributed by atoms with van der Waals surface area (Å²) in [5, 5.41) is 0. The van der Waals surface area contributed by atoms with E-state index in [1.807, 2.05) is 12.1 Å². The molecule has 0 radical (unpaired) electrons. The highest BCUT2D eigenvalue weighted by molar-refractivity contribution is 5.99. The third-order valence-electron chi connectivity index (χ3n) is 4.54. The number of benzene rings is 2. The molecule has 0 aliphatic carbocycles. The van der Waals surface area contributed by atoms with Gasteiger partial charge in [0, 0.05) is 11.6 Å². The van der Waals surface area contributed by atoms with Crippen molar-refractivity contribution < 1.29 is 28.5 Å². The number of esters is 1. The van der Waals surface area contributed by atoms with Crippen LogP contribution in [-0.2, 0) is 16.0 Å². The van der Waals surface area contributed by atoms with E-state index in [1.54, 1.807) is 30.3 Å². The first kappa shape index (κ1) is 23.0. The second-order valence-electron chi connectivity index (χ2n) is 6.62. The summed E-state index contributed by atoms with van der Waals surface area (Å²) in [6.45, 7) is 1.83. The third kappa shape index (κ3) is 6.37. The van der Waals surface area contributed by atoms with Crippen LogP contribution in [0.5, 0.6) is 17.2 Å². The standard InChI is InChI=1S/C24H28O6/c1-5-6-7-17-8-11-19(12-9-17)20(25)16-30-23(26)13-10-18-14-21(27-2)24(29-4)22(15-18)28-3/h8-15H,5-7,16H2,1-4H3/b13-10+. The van der Waals surface area contributed by atoms with Crippen molar-refractivity contribution in [2.24, 2.45) is 0 Å². The zero-order valence-electron chi connectivity index (χ0n) is 17.9. The third-order valence-corrected chi connectivity index (χ3v) is 4.54. The fraction of sp³-hybridized carbons (Fsp3) is 0.333. The number of carbonyl (C=O) groups excluding carboxylic acids is 2. The van der Waals surface area contributed by atoms with Crippen molar-refractivity contribution in [3.05, 3.63) is 59.2 Å². The zero-order valence-corrected chi connectivity index (χ0v) is 17.9. The van der Waals surface area contributed by atoms with Crippen molar-refractivity contribution in [3.63, 3.8) is 0 Å². The number of hydrogen-bond acceptors (Lipinski definition) is 6.